The van der Waals surface area contributed by atoms with Crippen molar-refractivity contribution in [3.63, 3.8) is 0 Å². The lowest BCUT2D eigenvalue weighted by atomic mass is 10.0. The minimum absolute atomic E-state index is 0.219. The zero-order chi connectivity index (χ0) is 21.3. The third-order valence-electron chi connectivity index (χ3n) is 4.75. The number of carbonyl (C=O) groups excluding carboxylic acids is 1. The summed E-state index contributed by atoms with van der Waals surface area (Å²) in [5, 5.41) is 5.65. The molecule has 0 atom stereocenters. The molecule has 0 radical (unpaired) electrons. The molecule has 0 aliphatic carbocycles. The summed E-state index contributed by atoms with van der Waals surface area (Å²) in [4.78, 5) is 16.2. The van der Waals surface area contributed by atoms with Crippen LogP contribution in [0.15, 0.2) is 109 Å². The summed E-state index contributed by atoms with van der Waals surface area (Å²) < 4.78 is 6.32. The maximum absolute atomic E-state index is 12.1. The summed E-state index contributed by atoms with van der Waals surface area (Å²) in [6.45, 7) is 0.413. The van der Waals surface area contributed by atoms with E-state index in [0.717, 1.165) is 22.4 Å². The second-order valence-corrected chi connectivity index (χ2v) is 7.01. The molecule has 1 heterocycles. The molecule has 5 heteroatoms. The molecule has 0 spiro atoms. The van der Waals surface area contributed by atoms with Gasteiger partial charge in [0.1, 0.15) is 11.9 Å². The van der Waals surface area contributed by atoms with E-state index in [4.69, 9.17) is 4.74 Å². The van der Waals surface area contributed by atoms with Gasteiger partial charge >= 0.3 is 6.03 Å². The number of pyridine rings is 1. The van der Waals surface area contributed by atoms with Gasteiger partial charge in [-0.15, -0.1) is 0 Å². The number of nitrogens with zero attached hydrogens (tertiary/aromatic N) is 1. The molecule has 0 aliphatic rings. The molecule has 5 nitrogen and oxygen atoms in total. The van der Waals surface area contributed by atoms with E-state index in [1.165, 1.54) is 0 Å². The molecule has 4 aromatic rings. The van der Waals surface area contributed by atoms with Crippen LogP contribution < -0.4 is 15.4 Å². The van der Waals surface area contributed by atoms with Gasteiger partial charge in [0, 0.05) is 24.6 Å². The van der Waals surface area contributed by atoms with Crippen LogP contribution in [0.4, 0.5) is 10.5 Å². The van der Waals surface area contributed by atoms with Gasteiger partial charge in [-0.2, -0.15) is 0 Å². The number of ether oxygens (including phenoxy) is 1. The number of aromatic nitrogens is 1. The van der Waals surface area contributed by atoms with E-state index in [0.29, 0.717) is 12.2 Å². The van der Waals surface area contributed by atoms with Crippen LogP contribution >= 0.6 is 0 Å². The van der Waals surface area contributed by atoms with Gasteiger partial charge in [0.15, 0.2) is 0 Å². The zero-order valence-corrected chi connectivity index (χ0v) is 16.9. The summed E-state index contributed by atoms with van der Waals surface area (Å²) in [7, 11) is 0. The van der Waals surface area contributed by atoms with Crippen LogP contribution in [-0.2, 0) is 6.54 Å². The van der Waals surface area contributed by atoms with Gasteiger partial charge in [0.25, 0.3) is 0 Å². The highest BCUT2D eigenvalue weighted by atomic mass is 16.5. The first-order valence-corrected chi connectivity index (χ1v) is 10.1. The van der Waals surface area contributed by atoms with Gasteiger partial charge < -0.3 is 15.4 Å². The zero-order valence-electron chi connectivity index (χ0n) is 16.9. The molecule has 0 aliphatic heterocycles. The molecule has 154 valence electrons. The minimum atomic E-state index is -0.274. The van der Waals surface area contributed by atoms with Crippen molar-refractivity contribution in [3.8, 4) is 5.75 Å². The Morgan fingerprint density at radius 1 is 0.806 bits per heavy atom. The summed E-state index contributed by atoms with van der Waals surface area (Å²) in [6, 6.07) is 31.1. The molecule has 0 unspecified atom stereocenters. The molecule has 2 amide bonds. The van der Waals surface area contributed by atoms with Gasteiger partial charge in [-0.05, 0) is 47.0 Å². The van der Waals surface area contributed by atoms with E-state index in [1.54, 1.807) is 12.4 Å². The highest BCUT2D eigenvalue weighted by molar-refractivity contribution is 5.89. The molecule has 3 aromatic carbocycles. The van der Waals surface area contributed by atoms with Crippen LogP contribution in [0.25, 0.3) is 0 Å². The molecule has 0 saturated carbocycles. The number of benzene rings is 3. The molecule has 4 rings (SSSR count). The van der Waals surface area contributed by atoms with Crippen LogP contribution in [0.3, 0.4) is 0 Å². The number of anilines is 1. The molecule has 0 bridgehead atoms. The van der Waals surface area contributed by atoms with Crippen molar-refractivity contribution in [2.75, 3.05) is 5.32 Å². The smallest absolute Gasteiger partial charge is 0.319 e. The van der Waals surface area contributed by atoms with Crippen molar-refractivity contribution in [3.05, 3.63) is 126 Å². The fourth-order valence-electron chi connectivity index (χ4n) is 3.20. The molecular formula is C26H23N3O2. The van der Waals surface area contributed by atoms with E-state index in [2.05, 4.69) is 39.9 Å². The second-order valence-electron chi connectivity index (χ2n) is 7.01. The van der Waals surface area contributed by atoms with Crippen LogP contribution in [0, 0.1) is 0 Å². The van der Waals surface area contributed by atoms with Crippen molar-refractivity contribution >= 4 is 11.7 Å². The standard InChI is InChI=1S/C26H23N3O2/c30-26(28-19-20-8-7-17-27-18-20)29-23-13-15-24(16-14-23)31-25(21-9-3-1-4-10-21)22-11-5-2-6-12-22/h1-18,25H,19H2,(H2,28,29,30). The Balaban J connectivity index is 1.40. The Labute approximate surface area is 181 Å². The molecule has 1 aromatic heterocycles. The van der Waals surface area contributed by atoms with Gasteiger partial charge in [-0.25, -0.2) is 4.79 Å². The maximum Gasteiger partial charge on any atom is 0.319 e. The average Bonchev–Trinajstić information content (AvgIpc) is 2.84. The van der Waals surface area contributed by atoms with Crippen molar-refractivity contribution < 1.29 is 9.53 Å². The Bertz CT molecular complexity index is 1050. The third kappa shape index (κ3) is 5.70. The van der Waals surface area contributed by atoms with E-state index < -0.39 is 0 Å². The third-order valence-corrected chi connectivity index (χ3v) is 4.75. The number of hydrogen-bond donors (Lipinski definition) is 2. The number of rotatable bonds is 7. The Morgan fingerprint density at radius 3 is 2.03 bits per heavy atom. The lowest BCUT2D eigenvalue weighted by molar-refractivity contribution is 0.247. The fourth-order valence-corrected chi connectivity index (χ4v) is 3.20. The molecular weight excluding hydrogens is 386 g/mol. The Hall–Kier alpha value is -4.12. The monoisotopic (exact) mass is 409 g/mol. The van der Waals surface area contributed by atoms with Crippen molar-refractivity contribution in [1.82, 2.24) is 10.3 Å². The first kappa shape index (κ1) is 20.2. The molecule has 0 fully saturated rings. The van der Waals surface area contributed by atoms with Crippen LogP contribution in [0.1, 0.15) is 22.8 Å². The predicted molar refractivity (Wildman–Crippen MR) is 122 cm³/mol. The fraction of sp³-hybridized carbons (Fsp3) is 0.0769. The number of carbonyl (C=O) groups is 1. The van der Waals surface area contributed by atoms with E-state index in [1.807, 2.05) is 72.8 Å². The first-order valence-electron chi connectivity index (χ1n) is 10.1. The minimum Gasteiger partial charge on any atom is -0.481 e. The Kier molecular flexibility index (Phi) is 6.55. The Morgan fingerprint density at radius 2 is 1.45 bits per heavy atom. The normalized spacial score (nSPS) is 10.5. The van der Waals surface area contributed by atoms with Crippen molar-refractivity contribution in [1.29, 1.82) is 0 Å². The van der Waals surface area contributed by atoms with Crippen LogP contribution in [0.5, 0.6) is 5.75 Å². The van der Waals surface area contributed by atoms with Gasteiger partial charge in [0.05, 0.1) is 0 Å². The highest BCUT2D eigenvalue weighted by Crippen LogP contribution is 2.29. The predicted octanol–water partition coefficient (Wildman–Crippen LogP) is 5.57. The lowest BCUT2D eigenvalue weighted by Gasteiger charge is -2.20. The quantitative estimate of drug-likeness (QED) is 0.419. The second kappa shape index (κ2) is 10.1. The highest BCUT2D eigenvalue weighted by Gasteiger charge is 2.15. The van der Waals surface area contributed by atoms with Crippen molar-refractivity contribution in [2.45, 2.75) is 12.6 Å². The molecule has 31 heavy (non-hydrogen) atoms. The topological polar surface area (TPSA) is 63.2 Å². The first-order chi connectivity index (χ1) is 15.3. The average molecular weight is 409 g/mol. The van der Waals surface area contributed by atoms with Gasteiger partial charge in [-0.1, -0.05) is 66.7 Å². The van der Waals surface area contributed by atoms with Crippen molar-refractivity contribution in [2.24, 2.45) is 0 Å². The van der Waals surface area contributed by atoms with E-state index >= 15 is 0 Å². The number of hydrogen-bond acceptors (Lipinski definition) is 3. The van der Waals surface area contributed by atoms with Gasteiger partial charge in [0.2, 0.25) is 0 Å². The number of nitrogens with one attached hydrogen (secondary N) is 2. The van der Waals surface area contributed by atoms with E-state index in [9.17, 15) is 4.79 Å². The van der Waals surface area contributed by atoms with E-state index in [-0.39, 0.29) is 12.1 Å². The summed E-state index contributed by atoms with van der Waals surface area (Å²) in [5.74, 6) is 0.721. The molecule has 0 saturated heterocycles. The lowest BCUT2D eigenvalue weighted by Crippen LogP contribution is -2.28. The van der Waals surface area contributed by atoms with Crippen LogP contribution in [-0.4, -0.2) is 11.0 Å². The van der Waals surface area contributed by atoms with Crippen LogP contribution in [0.2, 0.25) is 0 Å². The summed E-state index contributed by atoms with van der Waals surface area (Å²) in [5.41, 5.74) is 3.78. The van der Waals surface area contributed by atoms with Gasteiger partial charge in [-0.3, -0.25) is 4.98 Å². The largest absolute Gasteiger partial charge is 0.481 e. The maximum atomic E-state index is 12.1. The number of urea groups is 1. The molecule has 2 N–H and O–H groups in total. The summed E-state index contributed by atoms with van der Waals surface area (Å²) in [6.07, 6.45) is 3.21. The number of amides is 2. The SMILES string of the molecule is O=C(NCc1cccnc1)Nc1ccc(OC(c2ccccc2)c2ccccc2)cc1. The summed E-state index contributed by atoms with van der Waals surface area (Å²) >= 11 is 0.